The van der Waals surface area contributed by atoms with Crippen LogP contribution in [0.1, 0.15) is 11.1 Å². The Morgan fingerprint density at radius 3 is 2.32 bits per heavy atom. The maximum absolute atomic E-state index is 13.4. The second-order valence-corrected chi connectivity index (χ2v) is 4.28. The zero-order valence-electron chi connectivity index (χ0n) is 9.87. The van der Waals surface area contributed by atoms with Crippen LogP contribution >= 0.6 is 11.6 Å². The lowest BCUT2D eigenvalue weighted by Gasteiger charge is -2.12. The van der Waals surface area contributed by atoms with Crippen LogP contribution in [0.2, 0.25) is 5.02 Å². The maximum atomic E-state index is 13.4. The lowest BCUT2D eigenvalue weighted by atomic mass is 10.2. The van der Waals surface area contributed by atoms with Gasteiger partial charge < -0.3 is 9.84 Å². The van der Waals surface area contributed by atoms with Crippen molar-refractivity contribution in [1.29, 1.82) is 0 Å². The zero-order valence-corrected chi connectivity index (χ0v) is 10.6. The molecule has 0 saturated carbocycles. The third-order valence-electron chi connectivity index (χ3n) is 2.64. The summed E-state index contributed by atoms with van der Waals surface area (Å²) >= 11 is 5.93. The molecule has 19 heavy (non-hydrogen) atoms. The van der Waals surface area contributed by atoms with Crippen molar-refractivity contribution in [2.75, 3.05) is 0 Å². The highest BCUT2D eigenvalue weighted by molar-refractivity contribution is 6.32. The normalized spacial score (nSPS) is 10.5. The van der Waals surface area contributed by atoms with Gasteiger partial charge in [0.25, 0.3) is 0 Å². The maximum Gasteiger partial charge on any atom is 0.143 e. The van der Waals surface area contributed by atoms with Crippen LogP contribution in [-0.2, 0) is 13.2 Å². The Hall–Kier alpha value is -1.65. The number of aliphatic hydroxyl groups excluding tert-OH is 1. The van der Waals surface area contributed by atoms with Crippen molar-refractivity contribution in [2.45, 2.75) is 13.2 Å². The largest absolute Gasteiger partial charge is 0.487 e. The number of benzene rings is 2. The van der Waals surface area contributed by atoms with Crippen molar-refractivity contribution in [2.24, 2.45) is 0 Å². The number of hydrogen-bond acceptors (Lipinski definition) is 2. The highest BCUT2D eigenvalue weighted by Crippen LogP contribution is 2.29. The smallest absolute Gasteiger partial charge is 0.143 e. The van der Waals surface area contributed by atoms with Gasteiger partial charge in [-0.15, -0.1) is 0 Å². The van der Waals surface area contributed by atoms with Crippen LogP contribution in [0.15, 0.2) is 36.4 Å². The van der Waals surface area contributed by atoms with Gasteiger partial charge in [0.2, 0.25) is 0 Å². The third-order valence-corrected chi connectivity index (χ3v) is 2.94. The van der Waals surface area contributed by atoms with E-state index in [1.165, 1.54) is 6.07 Å². The van der Waals surface area contributed by atoms with Gasteiger partial charge in [-0.05, 0) is 18.2 Å². The molecule has 2 rings (SSSR count). The molecule has 0 atom stereocenters. The first-order valence-corrected chi connectivity index (χ1v) is 5.95. The fraction of sp³-hybridized carbons (Fsp3) is 0.143. The van der Waals surface area contributed by atoms with Crippen molar-refractivity contribution in [3.05, 3.63) is 64.2 Å². The lowest BCUT2D eigenvalue weighted by molar-refractivity contribution is 0.255. The molecule has 0 aromatic heterocycles. The fourth-order valence-electron chi connectivity index (χ4n) is 1.65. The number of rotatable bonds is 4. The number of halogens is 3. The van der Waals surface area contributed by atoms with Gasteiger partial charge in [0.05, 0.1) is 17.2 Å². The predicted octanol–water partition coefficient (Wildman–Crippen LogP) is 3.69. The average Bonchev–Trinajstić information content (AvgIpc) is 2.39. The van der Waals surface area contributed by atoms with Crippen molar-refractivity contribution >= 4 is 11.6 Å². The molecule has 0 radical (unpaired) electrons. The minimum absolute atomic E-state index is 0.175. The molecule has 1 N–H and O–H groups in total. The van der Waals surface area contributed by atoms with E-state index >= 15 is 0 Å². The molecule has 0 amide bonds. The molecule has 2 nitrogen and oxygen atoms in total. The molecular formula is C14H11ClF2O2. The van der Waals surface area contributed by atoms with E-state index < -0.39 is 11.6 Å². The molecule has 0 spiro atoms. The molecule has 0 aliphatic heterocycles. The summed E-state index contributed by atoms with van der Waals surface area (Å²) in [6.45, 7) is -0.565. The summed E-state index contributed by atoms with van der Waals surface area (Å²) in [5, 5.41) is 9.44. The van der Waals surface area contributed by atoms with Crippen LogP contribution in [0.5, 0.6) is 5.75 Å². The van der Waals surface area contributed by atoms with E-state index in [1.807, 2.05) is 0 Å². The summed E-state index contributed by atoms with van der Waals surface area (Å²) in [4.78, 5) is 0. The van der Waals surface area contributed by atoms with Crippen molar-refractivity contribution in [1.82, 2.24) is 0 Å². The van der Waals surface area contributed by atoms with Crippen molar-refractivity contribution < 1.29 is 18.6 Å². The van der Waals surface area contributed by atoms with Gasteiger partial charge in [-0.25, -0.2) is 8.78 Å². The van der Waals surface area contributed by atoms with Crippen LogP contribution in [0.4, 0.5) is 8.78 Å². The molecule has 0 bridgehead atoms. The van der Waals surface area contributed by atoms with Crippen LogP contribution in [0.25, 0.3) is 0 Å². The highest BCUT2D eigenvalue weighted by Gasteiger charge is 2.12. The van der Waals surface area contributed by atoms with E-state index in [4.69, 9.17) is 21.4 Å². The minimum atomic E-state index is -0.683. The fourth-order valence-corrected chi connectivity index (χ4v) is 1.90. The predicted molar refractivity (Wildman–Crippen MR) is 68.1 cm³/mol. The first kappa shape index (κ1) is 13.8. The van der Waals surface area contributed by atoms with Crippen LogP contribution in [0, 0.1) is 11.6 Å². The summed E-state index contributed by atoms with van der Waals surface area (Å²) in [7, 11) is 0. The lowest BCUT2D eigenvalue weighted by Crippen LogP contribution is -2.04. The Labute approximate surface area is 114 Å². The molecule has 5 heteroatoms. The van der Waals surface area contributed by atoms with Crippen molar-refractivity contribution in [3.63, 3.8) is 0 Å². The van der Waals surface area contributed by atoms with Gasteiger partial charge in [0, 0.05) is 5.56 Å². The van der Waals surface area contributed by atoms with Gasteiger partial charge in [-0.1, -0.05) is 29.8 Å². The first-order chi connectivity index (χ1) is 9.13. The molecule has 0 aliphatic carbocycles. The number of hydrogen-bond donors (Lipinski definition) is 1. The molecule has 0 unspecified atom stereocenters. The SMILES string of the molecule is OCc1cccc(Cl)c1OCc1c(F)cccc1F. The van der Waals surface area contributed by atoms with Crippen LogP contribution < -0.4 is 4.74 Å². The molecule has 0 saturated heterocycles. The Morgan fingerprint density at radius 1 is 1.05 bits per heavy atom. The average molecular weight is 285 g/mol. The standard InChI is InChI=1S/C14H11ClF2O2/c15-11-4-1-3-9(7-18)14(11)19-8-10-12(16)5-2-6-13(10)17/h1-6,18H,7-8H2. The second-order valence-electron chi connectivity index (χ2n) is 3.88. The minimum Gasteiger partial charge on any atom is -0.487 e. The molecule has 0 fully saturated rings. The summed E-state index contributed by atoms with van der Waals surface area (Å²) < 4.78 is 32.2. The van der Waals surface area contributed by atoms with Gasteiger partial charge in [0.15, 0.2) is 0 Å². The van der Waals surface area contributed by atoms with Gasteiger partial charge >= 0.3 is 0 Å². The van der Waals surface area contributed by atoms with E-state index in [9.17, 15) is 8.78 Å². The second kappa shape index (κ2) is 5.99. The van der Waals surface area contributed by atoms with E-state index in [0.717, 1.165) is 12.1 Å². The van der Waals surface area contributed by atoms with Gasteiger partial charge in [-0.3, -0.25) is 0 Å². The van der Waals surface area contributed by atoms with E-state index in [-0.39, 0.29) is 29.5 Å². The number of aliphatic hydroxyl groups is 1. The van der Waals surface area contributed by atoms with E-state index in [0.29, 0.717) is 5.56 Å². The Balaban J connectivity index is 2.24. The van der Waals surface area contributed by atoms with E-state index in [1.54, 1.807) is 18.2 Å². The first-order valence-electron chi connectivity index (χ1n) is 5.57. The number of para-hydroxylation sites is 1. The quantitative estimate of drug-likeness (QED) is 0.928. The Bertz CT molecular complexity index is 567. The molecular weight excluding hydrogens is 274 g/mol. The van der Waals surface area contributed by atoms with E-state index in [2.05, 4.69) is 0 Å². The molecule has 2 aromatic rings. The highest BCUT2D eigenvalue weighted by atomic mass is 35.5. The van der Waals surface area contributed by atoms with Gasteiger partial charge in [-0.2, -0.15) is 0 Å². The summed E-state index contributed by atoms with van der Waals surface area (Å²) in [5.41, 5.74) is 0.288. The molecule has 0 aliphatic rings. The number of ether oxygens (including phenoxy) is 1. The summed E-state index contributed by atoms with van der Waals surface area (Å²) in [5.74, 6) is -1.13. The van der Waals surface area contributed by atoms with Crippen LogP contribution in [-0.4, -0.2) is 5.11 Å². The topological polar surface area (TPSA) is 29.5 Å². The molecule has 100 valence electrons. The monoisotopic (exact) mass is 284 g/mol. The molecule has 0 heterocycles. The Morgan fingerprint density at radius 2 is 1.68 bits per heavy atom. The zero-order chi connectivity index (χ0) is 13.8. The summed E-state index contributed by atoms with van der Waals surface area (Å²) in [6.07, 6.45) is 0. The molecule has 2 aromatic carbocycles. The third kappa shape index (κ3) is 3.03. The van der Waals surface area contributed by atoms with Crippen LogP contribution in [0.3, 0.4) is 0 Å². The van der Waals surface area contributed by atoms with Crippen molar-refractivity contribution in [3.8, 4) is 5.75 Å². The Kier molecular flexibility index (Phi) is 4.35. The summed E-state index contributed by atoms with van der Waals surface area (Å²) in [6, 6.07) is 8.45. The van der Waals surface area contributed by atoms with Gasteiger partial charge in [0.1, 0.15) is 24.0 Å².